The highest BCUT2D eigenvalue weighted by atomic mass is 79.9. The van der Waals surface area contributed by atoms with E-state index < -0.39 is 17.6 Å². The molecule has 0 aliphatic rings. The molecule has 0 saturated carbocycles. The third kappa shape index (κ3) is 2.75. The van der Waals surface area contributed by atoms with Crippen molar-refractivity contribution < 1.29 is 18.3 Å². The van der Waals surface area contributed by atoms with Gasteiger partial charge in [-0.3, -0.25) is 4.79 Å². The third-order valence-corrected chi connectivity index (χ3v) is 3.19. The average Bonchev–Trinajstić information content (AvgIpc) is 2.21. The van der Waals surface area contributed by atoms with Crippen molar-refractivity contribution in [3.8, 4) is 0 Å². The average molecular weight is 344 g/mol. The second kappa shape index (κ2) is 5.03. The molecule has 6 heteroatoms. The summed E-state index contributed by atoms with van der Waals surface area (Å²) in [5.74, 6) is -2.12. The third-order valence-electron chi connectivity index (χ3n) is 1.76. The number of rotatable bonds is 2. The lowest BCUT2D eigenvalue weighted by Gasteiger charge is -2.07. The van der Waals surface area contributed by atoms with Gasteiger partial charge in [-0.05, 0) is 22.0 Å². The Balaban J connectivity index is 3.18. The number of methoxy groups -OCH3 is 1. The van der Waals surface area contributed by atoms with E-state index in [1.165, 1.54) is 7.11 Å². The molecule has 0 unspecified atom stereocenters. The molecule has 0 spiro atoms. The van der Waals surface area contributed by atoms with Crippen molar-refractivity contribution in [2.45, 2.75) is 6.42 Å². The first-order valence-electron chi connectivity index (χ1n) is 3.86. The van der Waals surface area contributed by atoms with Crippen LogP contribution in [0.5, 0.6) is 0 Å². The van der Waals surface area contributed by atoms with E-state index in [4.69, 9.17) is 0 Å². The number of carbonyl (C=O) groups excluding carboxylic acids is 1. The van der Waals surface area contributed by atoms with E-state index in [2.05, 4.69) is 36.6 Å². The number of esters is 1. The summed E-state index contributed by atoms with van der Waals surface area (Å²) in [4.78, 5) is 11.0. The highest BCUT2D eigenvalue weighted by molar-refractivity contribution is 9.11. The fraction of sp³-hybridized carbons (Fsp3) is 0.222. The minimum atomic E-state index is -0.799. The van der Waals surface area contributed by atoms with E-state index in [9.17, 15) is 13.6 Å². The Morgan fingerprint density at radius 2 is 2.07 bits per heavy atom. The lowest BCUT2D eigenvalue weighted by Crippen LogP contribution is -2.08. The maximum atomic E-state index is 13.5. The number of hydrogen-bond acceptors (Lipinski definition) is 2. The Kier molecular flexibility index (Phi) is 4.21. The topological polar surface area (TPSA) is 26.3 Å². The number of halogens is 4. The van der Waals surface area contributed by atoms with Gasteiger partial charge in [0.15, 0.2) is 0 Å². The molecule has 82 valence electrons. The summed E-state index contributed by atoms with van der Waals surface area (Å²) < 4.78 is 30.8. The van der Waals surface area contributed by atoms with Crippen molar-refractivity contribution in [3.05, 3.63) is 32.2 Å². The predicted octanol–water partition coefficient (Wildman–Crippen LogP) is 3.21. The van der Waals surface area contributed by atoms with Crippen LogP contribution in [0.4, 0.5) is 8.78 Å². The number of benzene rings is 1. The van der Waals surface area contributed by atoms with Crippen molar-refractivity contribution in [2.24, 2.45) is 0 Å². The van der Waals surface area contributed by atoms with Crippen LogP contribution in [-0.4, -0.2) is 13.1 Å². The quantitative estimate of drug-likeness (QED) is 0.468. The van der Waals surface area contributed by atoms with Crippen LogP contribution in [0.3, 0.4) is 0 Å². The summed E-state index contributed by atoms with van der Waals surface area (Å²) in [6, 6.07) is 1.09. The number of hydrogen-bond donors (Lipinski definition) is 0. The molecule has 0 aliphatic carbocycles. The van der Waals surface area contributed by atoms with Gasteiger partial charge < -0.3 is 4.74 Å². The molecule has 0 radical (unpaired) electrons. The van der Waals surface area contributed by atoms with E-state index in [1.54, 1.807) is 0 Å². The van der Waals surface area contributed by atoms with Gasteiger partial charge >= 0.3 is 5.97 Å². The molecular formula is C9H6Br2F2O2. The molecule has 0 atom stereocenters. The van der Waals surface area contributed by atoms with Crippen LogP contribution in [0.1, 0.15) is 5.56 Å². The van der Waals surface area contributed by atoms with Crippen LogP contribution >= 0.6 is 31.9 Å². The lowest BCUT2D eigenvalue weighted by atomic mass is 10.1. The van der Waals surface area contributed by atoms with Gasteiger partial charge in [-0.15, -0.1) is 0 Å². The zero-order valence-electron chi connectivity index (χ0n) is 7.61. The largest absolute Gasteiger partial charge is 0.469 e. The van der Waals surface area contributed by atoms with Crippen molar-refractivity contribution in [1.29, 1.82) is 0 Å². The summed E-state index contributed by atoms with van der Waals surface area (Å²) >= 11 is 5.73. The standard InChI is InChI=1S/C9H6Br2F2O2/c1-15-7(14)2-4-5(10)3-6(12)8(11)9(4)13/h3H,2H2,1H3. The van der Waals surface area contributed by atoms with E-state index in [-0.39, 0.29) is 20.9 Å². The molecule has 0 amide bonds. The normalized spacial score (nSPS) is 10.2. The van der Waals surface area contributed by atoms with Crippen molar-refractivity contribution in [3.63, 3.8) is 0 Å². The maximum absolute atomic E-state index is 13.5. The van der Waals surface area contributed by atoms with Gasteiger partial charge in [0.2, 0.25) is 0 Å². The SMILES string of the molecule is COC(=O)Cc1c(Br)cc(F)c(Br)c1F. The first kappa shape index (κ1) is 12.6. The summed E-state index contributed by atoms with van der Waals surface area (Å²) in [6.45, 7) is 0. The molecule has 0 aromatic heterocycles. The molecule has 0 aliphatic heterocycles. The van der Waals surface area contributed by atoms with Gasteiger partial charge in [0.1, 0.15) is 11.6 Å². The molecule has 15 heavy (non-hydrogen) atoms. The van der Waals surface area contributed by atoms with E-state index in [0.29, 0.717) is 0 Å². The van der Waals surface area contributed by atoms with E-state index in [1.807, 2.05) is 0 Å². The molecule has 0 heterocycles. The monoisotopic (exact) mass is 342 g/mol. The van der Waals surface area contributed by atoms with Crippen LogP contribution in [0.25, 0.3) is 0 Å². The van der Waals surface area contributed by atoms with Crippen LogP contribution in [0.15, 0.2) is 15.0 Å². The van der Waals surface area contributed by atoms with Crippen LogP contribution in [-0.2, 0) is 16.0 Å². The second-order valence-corrected chi connectivity index (χ2v) is 4.35. The molecule has 0 saturated heterocycles. The second-order valence-electron chi connectivity index (χ2n) is 2.70. The summed E-state index contributed by atoms with van der Waals surface area (Å²) in [5.41, 5.74) is 0.0649. The molecule has 1 aromatic carbocycles. The Morgan fingerprint density at radius 1 is 1.47 bits per heavy atom. The molecule has 0 bridgehead atoms. The first-order chi connectivity index (χ1) is 6.97. The summed E-state index contributed by atoms with van der Waals surface area (Å²) in [6.07, 6.45) is -0.248. The van der Waals surface area contributed by atoms with Crippen LogP contribution < -0.4 is 0 Å². The van der Waals surface area contributed by atoms with Gasteiger partial charge in [0.25, 0.3) is 0 Å². The molecular weight excluding hydrogens is 338 g/mol. The Bertz CT molecular complexity index is 408. The maximum Gasteiger partial charge on any atom is 0.310 e. The highest BCUT2D eigenvalue weighted by Crippen LogP contribution is 2.29. The molecule has 0 N–H and O–H groups in total. The predicted molar refractivity (Wildman–Crippen MR) is 57.5 cm³/mol. The Labute approximate surface area is 102 Å². The molecule has 1 rings (SSSR count). The van der Waals surface area contributed by atoms with Gasteiger partial charge in [-0.1, -0.05) is 15.9 Å². The number of carbonyl (C=O) groups is 1. The smallest absolute Gasteiger partial charge is 0.310 e. The zero-order chi connectivity index (χ0) is 11.6. The van der Waals surface area contributed by atoms with E-state index >= 15 is 0 Å². The van der Waals surface area contributed by atoms with Gasteiger partial charge in [-0.25, -0.2) is 8.78 Å². The highest BCUT2D eigenvalue weighted by Gasteiger charge is 2.18. The zero-order valence-corrected chi connectivity index (χ0v) is 10.8. The van der Waals surface area contributed by atoms with Crippen LogP contribution in [0, 0.1) is 11.6 Å². The fourth-order valence-corrected chi connectivity index (χ4v) is 1.85. The minimum absolute atomic E-state index is 0.0649. The number of ether oxygens (including phenoxy) is 1. The molecule has 2 nitrogen and oxygen atoms in total. The van der Waals surface area contributed by atoms with E-state index in [0.717, 1.165) is 6.07 Å². The summed E-state index contributed by atoms with van der Waals surface area (Å²) in [5, 5.41) is 0. The van der Waals surface area contributed by atoms with Crippen molar-refractivity contribution >= 4 is 37.8 Å². The Morgan fingerprint density at radius 3 is 2.60 bits per heavy atom. The Hall–Kier alpha value is -0.490. The van der Waals surface area contributed by atoms with Gasteiger partial charge in [0.05, 0.1) is 18.0 Å². The van der Waals surface area contributed by atoms with Crippen LogP contribution in [0.2, 0.25) is 0 Å². The van der Waals surface area contributed by atoms with Crippen molar-refractivity contribution in [1.82, 2.24) is 0 Å². The molecule has 0 fully saturated rings. The minimum Gasteiger partial charge on any atom is -0.469 e. The summed E-state index contributed by atoms with van der Waals surface area (Å²) in [7, 11) is 1.20. The van der Waals surface area contributed by atoms with Gasteiger partial charge in [-0.2, -0.15) is 0 Å². The fourth-order valence-electron chi connectivity index (χ4n) is 0.982. The lowest BCUT2D eigenvalue weighted by molar-refractivity contribution is -0.139. The van der Waals surface area contributed by atoms with Gasteiger partial charge in [0, 0.05) is 10.0 Å². The first-order valence-corrected chi connectivity index (χ1v) is 5.44. The molecule has 1 aromatic rings. The van der Waals surface area contributed by atoms with Crippen molar-refractivity contribution in [2.75, 3.05) is 7.11 Å².